The van der Waals surface area contributed by atoms with E-state index in [1.807, 2.05) is 0 Å². The highest BCUT2D eigenvalue weighted by Crippen LogP contribution is 2.45. The Morgan fingerprint density at radius 2 is 1.25 bits per heavy atom. The lowest BCUT2D eigenvalue weighted by Crippen LogP contribution is -2.49. The van der Waals surface area contributed by atoms with Crippen LogP contribution in [0.2, 0.25) is 13.1 Å². The first-order valence-corrected chi connectivity index (χ1v) is 19.6. The van der Waals surface area contributed by atoms with Gasteiger partial charge >= 0.3 is 0 Å². The first kappa shape index (κ1) is 27.3. The van der Waals surface area contributed by atoms with Gasteiger partial charge in [0.25, 0.3) is 0 Å². The Hall–Kier alpha value is -5.84. The Morgan fingerprint density at radius 1 is 0.542 bits per heavy atom. The maximum absolute atomic E-state index is 6.36. The van der Waals surface area contributed by atoms with Gasteiger partial charge in [-0.1, -0.05) is 110 Å². The molecular formula is C44H32N2OSi. The molecule has 1 aliphatic rings. The van der Waals surface area contributed by atoms with Crippen LogP contribution in [0.5, 0.6) is 0 Å². The average Bonchev–Trinajstić information content (AvgIpc) is 3.75. The summed E-state index contributed by atoms with van der Waals surface area (Å²) in [5.74, 6) is 0. The van der Waals surface area contributed by atoms with Crippen molar-refractivity contribution in [3.05, 3.63) is 158 Å². The van der Waals surface area contributed by atoms with E-state index in [9.17, 15) is 0 Å². The molecule has 4 heteroatoms. The smallest absolute Gasteiger partial charge is 0.136 e. The van der Waals surface area contributed by atoms with Crippen molar-refractivity contribution in [3.63, 3.8) is 0 Å². The minimum absolute atomic E-state index is 0.947. The Kier molecular flexibility index (Phi) is 5.73. The molecule has 0 atom stereocenters. The van der Waals surface area contributed by atoms with E-state index >= 15 is 0 Å². The van der Waals surface area contributed by atoms with Gasteiger partial charge in [0.2, 0.25) is 0 Å². The van der Waals surface area contributed by atoms with Gasteiger partial charge in [-0.3, -0.25) is 0 Å². The quantitative estimate of drug-likeness (QED) is 0.180. The molecule has 3 nitrogen and oxygen atoms in total. The molecule has 0 aliphatic carbocycles. The fourth-order valence-electron chi connectivity index (χ4n) is 8.20. The maximum Gasteiger partial charge on any atom is 0.136 e. The summed E-state index contributed by atoms with van der Waals surface area (Å²) in [6.45, 7) is 4.99. The molecule has 0 radical (unpaired) electrons. The summed E-state index contributed by atoms with van der Waals surface area (Å²) in [5, 5.41) is 7.87. The number of rotatable bonds is 4. The standard InChI is InChI=1S/C44H32N2OSi/c1-48(2)40-27-26-39-42(34-19-10-12-23-38(34)47-39)43(40)35-25-24-31(28-41(35)48)45(29-14-5-3-6-15-29)37-22-13-20-33-32-18-9-11-21-36(32)46(44(33)37)30-16-7-4-8-17-30/h3-28H,1-2H3. The molecule has 0 unspecified atom stereocenters. The highest BCUT2D eigenvalue weighted by Gasteiger charge is 2.40. The van der Waals surface area contributed by atoms with Crippen molar-refractivity contribution in [3.8, 4) is 16.8 Å². The lowest BCUT2D eigenvalue weighted by atomic mass is 9.99. The molecule has 10 rings (SSSR count). The molecule has 0 fully saturated rings. The Balaban J connectivity index is 1.26. The largest absolute Gasteiger partial charge is 0.456 e. The van der Waals surface area contributed by atoms with Crippen molar-refractivity contribution in [1.82, 2.24) is 4.57 Å². The number of furan rings is 1. The van der Waals surface area contributed by atoms with Gasteiger partial charge in [0.05, 0.1) is 16.7 Å². The van der Waals surface area contributed by atoms with Crippen molar-refractivity contribution >= 4 is 79.3 Å². The van der Waals surface area contributed by atoms with E-state index in [2.05, 4.69) is 180 Å². The monoisotopic (exact) mass is 632 g/mol. The second kappa shape index (κ2) is 10.1. The lowest BCUT2D eigenvalue weighted by molar-refractivity contribution is 0.669. The maximum atomic E-state index is 6.36. The second-order valence-corrected chi connectivity index (χ2v) is 17.7. The average molecular weight is 633 g/mol. The molecule has 0 saturated heterocycles. The van der Waals surface area contributed by atoms with Crippen molar-refractivity contribution in [2.24, 2.45) is 0 Å². The number of nitrogens with zero attached hydrogens (tertiary/aromatic N) is 2. The molecule has 0 bridgehead atoms. The van der Waals surface area contributed by atoms with Crippen molar-refractivity contribution in [2.75, 3.05) is 4.90 Å². The van der Waals surface area contributed by atoms with Crippen molar-refractivity contribution in [1.29, 1.82) is 0 Å². The summed E-state index contributed by atoms with van der Waals surface area (Å²) in [6, 6.07) is 57.2. The third-order valence-electron chi connectivity index (χ3n) is 10.4. The number of fused-ring (bicyclic) bond motifs is 10. The zero-order chi connectivity index (χ0) is 32.0. The molecule has 2 aromatic heterocycles. The molecule has 228 valence electrons. The summed E-state index contributed by atoms with van der Waals surface area (Å²) < 4.78 is 8.79. The topological polar surface area (TPSA) is 21.3 Å². The molecule has 0 amide bonds. The third-order valence-corrected chi connectivity index (χ3v) is 13.9. The minimum atomic E-state index is -2.06. The van der Waals surface area contributed by atoms with Crippen molar-refractivity contribution in [2.45, 2.75) is 13.1 Å². The number of anilines is 3. The molecule has 1 aliphatic heterocycles. The van der Waals surface area contributed by atoms with E-state index in [0.29, 0.717) is 0 Å². The Morgan fingerprint density at radius 3 is 2.08 bits per heavy atom. The van der Waals surface area contributed by atoms with Crippen LogP contribution in [0.3, 0.4) is 0 Å². The third kappa shape index (κ3) is 3.75. The Labute approximate surface area is 279 Å². The number of para-hydroxylation sites is 5. The van der Waals surface area contributed by atoms with E-state index in [4.69, 9.17) is 4.42 Å². The van der Waals surface area contributed by atoms with Crippen LogP contribution in [0.1, 0.15) is 0 Å². The fourth-order valence-corrected chi connectivity index (χ4v) is 11.3. The van der Waals surface area contributed by atoms with E-state index in [0.717, 1.165) is 28.2 Å². The summed E-state index contributed by atoms with van der Waals surface area (Å²) in [7, 11) is -2.06. The van der Waals surface area contributed by atoms with Crippen LogP contribution in [-0.4, -0.2) is 12.6 Å². The van der Waals surface area contributed by atoms with Gasteiger partial charge in [-0.05, 0) is 82.2 Å². The zero-order valence-corrected chi connectivity index (χ0v) is 27.8. The van der Waals surface area contributed by atoms with Gasteiger partial charge in [0, 0.05) is 38.6 Å². The van der Waals surface area contributed by atoms with Gasteiger partial charge in [0.15, 0.2) is 0 Å². The summed E-state index contributed by atoms with van der Waals surface area (Å²) in [4.78, 5) is 2.46. The summed E-state index contributed by atoms with van der Waals surface area (Å²) in [6.07, 6.45) is 0. The molecule has 9 aromatic rings. The van der Waals surface area contributed by atoms with Gasteiger partial charge in [-0.25, -0.2) is 0 Å². The molecule has 0 spiro atoms. The predicted molar refractivity (Wildman–Crippen MR) is 205 cm³/mol. The molecule has 7 aromatic carbocycles. The van der Waals surface area contributed by atoms with Crippen LogP contribution in [0.4, 0.5) is 17.1 Å². The Bertz CT molecular complexity index is 2700. The minimum Gasteiger partial charge on any atom is -0.456 e. The molecule has 3 heterocycles. The molecular weight excluding hydrogens is 601 g/mol. The number of aromatic nitrogens is 1. The van der Waals surface area contributed by atoms with Crippen molar-refractivity contribution < 1.29 is 4.42 Å². The van der Waals surface area contributed by atoms with Crippen LogP contribution in [0.25, 0.3) is 60.6 Å². The lowest BCUT2D eigenvalue weighted by Gasteiger charge is -2.28. The first-order valence-electron chi connectivity index (χ1n) is 16.6. The number of benzene rings is 7. The first-order chi connectivity index (χ1) is 23.6. The van der Waals surface area contributed by atoms with Gasteiger partial charge < -0.3 is 13.9 Å². The fraction of sp³-hybridized carbons (Fsp3) is 0.0455. The van der Waals surface area contributed by atoms with Gasteiger partial charge in [0.1, 0.15) is 19.2 Å². The highest BCUT2D eigenvalue weighted by molar-refractivity contribution is 7.04. The SMILES string of the molecule is C[Si]1(C)c2cc(N(c3ccccc3)c3cccc4c5ccccc5n(-c5ccccc5)c34)ccc2-c2c1ccc1oc3ccccc3c21. The highest BCUT2D eigenvalue weighted by atomic mass is 28.3. The zero-order valence-electron chi connectivity index (χ0n) is 26.8. The van der Waals surface area contributed by atoms with Crippen LogP contribution in [-0.2, 0) is 0 Å². The predicted octanol–water partition coefficient (Wildman–Crippen LogP) is 11.0. The van der Waals surface area contributed by atoms with Gasteiger partial charge in [-0.2, -0.15) is 0 Å². The van der Waals surface area contributed by atoms with Crippen LogP contribution >= 0.6 is 0 Å². The summed E-state index contributed by atoms with van der Waals surface area (Å²) in [5.41, 5.74) is 11.6. The molecule has 0 N–H and O–H groups in total. The molecule has 0 saturated carbocycles. The van der Waals surface area contributed by atoms with Crippen LogP contribution < -0.4 is 15.3 Å². The van der Waals surface area contributed by atoms with E-state index in [1.54, 1.807) is 0 Å². The van der Waals surface area contributed by atoms with Crippen LogP contribution in [0, 0.1) is 0 Å². The summed E-state index contributed by atoms with van der Waals surface area (Å²) >= 11 is 0. The number of hydrogen-bond donors (Lipinski definition) is 0. The molecule has 48 heavy (non-hydrogen) atoms. The van der Waals surface area contributed by atoms with Gasteiger partial charge in [-0.15, -0.1) is 0 Å². The van der Waals surface area contributed by atoms with Crippen LogP contribution in [0.15, 0.2) is 162 Å². The normalized spacial score (nSPS) is 13.4. The van der Waals surface area contributed by atoms with E-state index < -0.39 is 8.07 Å². The van der Waals surface area contributed by atoms with E-state index in [1.165, 1.54) is 59.8 Å². The number of hydrogen-bond acceptors (Lipinski definition) is 2. The van der Waals surface area contributed by atoms with E-state index in [-0.39, 0.29) is 0 Å². The second-order valence-electron chi connectivity index (χ2n) is 13.3.